The zero-order chi connectivity index (χ0) is 10.6. The molecule has 2 rings (SSSR count). The van der Waals surface area contributed by atoms with Crippen molar-refractivity contribution >= 4 is 0 Å². The van der Waals surface area contributed by atoms with Gasteiger partial charge in [-0.15, -0.1) is 0 Å². The minimum Gasteiger partial charge on any atom is -0.372 e. The first kappa shape index (κ1) is 11.4. The maximum absolute atomic E-state index is 6.31. The molecule has 1 heterocycles. The lowest BCUT2D eigenvalue weighted by atomic mass is 9.83. The average Bonchev–Trinajstić information content (AvgIpc) is 2.63. The van der Waals surface area contributed by atoms with Gasteiger partial charge in [0, 0.05) is 0 Å². The molecule has 0 aromatic carbocycles. The highest BCUT2D eigenvalue weighted by atomic mass is 16.5. The molecule has 0 amide bonds. The molecule has 0 radical (unpaired) electrons. The van der Waals surface area contributed by atoms with Crippen LogP contribution in [0.15, 0.2) is 0 Å². The summed E-state index contributed by atoms with van der Waals surface area (Å²) in [5.74, 6) is 0. The normalized spacial score (nSPS) is 29.8. The van der Waals surface area contributed by atoms with Crippen LogP contribution in [-0.2, 0) is 4.74 Å². The fraction of sp³-hybridized carbons (Fsp3) is 1.00. The summed E-state index contributed by atoms with van der Waals surface area (Å²) >= 11 is 0. The van der Waals surface area contributed by atoms with E-state index in [-0.39, 0.29) is 0 Å². The lowest BCUT2D eigenvalue weighted by Gasteiger charge is -2.33. The van der Waals surface area contributed by atoms with Crippen LogP contribution in [0.3, 0.4) is 0 Å². The molecule has 1 atom stereocenters. The minimum atomic E-state index is 0.322. The van der Waals surface area contributed by atoms with Crippen LogP contribution in [0.2, 0.25) is 0 Å². The van der Waals surface area contributed by atoms with Crippen LogP contribution in [0, 0.1) is 0 Å². The molecule has 0 aromatic heterocycles. The maximum Gasteiger partial charge on any atom is 0.0687 e. The topological polar surface area (TPSA) is 21.3 Å². The lowest BCUT2D eigenvalue weighted by Crippen LogP contribution is -2.31. The Kier molecular flexibility index (Phi) is 4.04. The molecule has 88 valence electrons. The largest absolute Gasteiger partial charge is 0.372 e. The van der Waals surface area contributed by atoms with E-state index in [9.17, 15) is 0 Å². The van der Waals surface area contributed by atoms with Crippen molar-refractivity contribution in [1.29, 1.82) is 0 Å². The Bertz CT molecular complexity index is 185. The maximum atomic E-state index is 6.31. The Hall–Kier alpha value is -0.0800. The third kappa shape index (κ3) is 2.94. The zero-order valence-electron chi connectivity index (χ0n) is 10.1. The van der Waals surface area contributed by atoms with Crippen molar-refractivity contribution < 1.29 is 4.74 Å². The van der Waals surface area contributed by atoms with Crippen LogP contribution in [0.1, 0.15) is 57.8 Å². The highest BCUT2D eigenvalue weighted by Gasteiger charge is 2.40. The van der Waals surface area contributed by atoms with Crippen LogP contribution >= 0.6 is 0 Å². The molecule has 1 aliphatic carbocycles. The molecule has 2 aliphatic rings. The SMILES string of the molecule is CNCCCC1CCC2(CCCCC2)O1. The van der Waals surface area contributed by atoms with Crippen molar-refractivity contribution in [3.63, 3.8) is 0 Å². The molecule has 1 saturated carbocycles. The van der Waals surface area contributed by atoms with Crippen molar-refractivity contribution in [1.82, 2.24) is 5.32 Å². The molecule has 0 bridgehead atoms. The van der Waals surface area contributed by atoms with E-state index in [1.54, 1.807) is 0 Å². The van der Waals surface area contributed by atoms with Gasteiger partial charge in [0.2, 0.25) is 0 Å². The molecule has 1 spiro atoms. The summed E-state index contributed by atoms with van der Waals surface area (Å²) < 4.78 is 6.31. The molecule has 1 aliphatic heterocycles. The monoisotopic (exact) mass is 211 g/mol. The second kappa shape index (κ2) is 5.31. The van der Waals surface area contributed by atoms with Gasteiger partial charge < -0.3 is 10.1 Å². The van der Waals surface area contributed by atoms with Crippen LogP contribution in [0.4, 0.5) is 0 Å². The van der Waals surface area contributed by atoms with Crippen molar-refractivity contribution in [3.05, 3.63) is 0 Å². The summed E-state index contributed by atoms with van der Waals surface area (Å²) in [5, 5.41) is 3.21. The van der Waals surface area contributed by atoms with E-state index in [1.807, 2.05) is 7.05 Å². The molecule has 15 heavy (non-hydrogen) atoms. The zero-order valence-corrected chi connectivity index (χ0v) is 10.1. The van der Waals surface area contributed by atoms with Crippen LogP contribution in [-0.4, -0.2) is 25.3 Å². The summed E-state index contributed by atoms with van der Waals surface area (Å²) in [5.41, 5.74) is 0.322. The van der Waals surface area contributed by atoms with Crippen molar-refractivity contribution in [2.24, 2.45) is 0 Å². The first-order valence-corrected chi connectivity index (χ1v) is 6.67. The van der Waals surface area contributed by atoms with Gasteiger partial charge in [-0.05, 0) is 52.1 Å². The third-order valence-corrected chi connectivity index (χ3v) is 4.06. The lowest BCUT2D eigenvalue weighted by molar-refractivity contribution is -0.0658. The van der Waals surface area contributed by atoms with Gasteiger partial charge in [0.15, 0.2) is 0 Å². The van der Waals surface area contributed by atoms with E-state index in [1.165, 1.54) is 57.8 Å². The number of nitrogens with one attached hydrogen (secondary N) is 1. The summed E-state index contributed by atoms with van der Waals surface area (Å²) in [4.78, 5) is 0. The van der Waals surface area contributed by atoms with E-state index < -0.39 is 0 Å². The van der Waals surface area contributed by atoms with Gasteiger partial charge in [-0.2, -0.15) is 0 Å². The van der Waals surface area contributed by atoms with E-state index in [2.05, 4.69) is 5.32 Å². The summed E-state index contributed by atoms with van der Waals surface area (Å²) in [7, 11) is 2.03. The Morgan fingerprint density at radius 1 is 1.20 bits per heavy atom. The van der Waals surface area contributed by atoms with Crippen molar-refractivity contribution in [2.45, 2.75) is 69.5 Å². The number of hydrogen-bond donors (Lipinski definition) is 1. The predicted octanol–water partition coefficient (Wildman–Crippen LogP) is 2.87. The molecule has 2 fully saturated rings. The molecule has 0 aromatic rings. The van der Waals surface area contributed by atoms with Crippen LogP contribution < -0.4 is 5.32 Å². The van der Waals surface area contributed by atoms with E-state index >= 15 is 0 Å². The van der Waals surface area contributed by atoms with Crippen LogP contribution in [0.25, 0.3) is 0 Å². The molecular weight excluding hydrogens is 186 g/mol. The van der Waals surface area contributed by atoms with E-state index in [0.29, 0.717) is 11.7 Å². The smallest absolute Gasteiger partial charge is 0.0687 e. The average molecular weight is 211 g/mol. The Labute approximate surface area is 93.8 Å². The Morgan fingerprint density at radius 3 is 2.73 bits per heavy atom. The molecule has 1 unspecified atom stereocenters. The highest BCUT2D eigenvalue weighted by molar-refractivity contribution is 4.91. The molecule has 2 heteroatoms. The summed E-state index contributed by atoms with van der Waals surface area (Å²) in [6, 6.07) is 0. The van der Waals surface area contributed by atoms with Gasteiger partial charge in [-0.3, -0.25) is 0 Å². The fourth-order valence-electron chi connectivity index (χ4n) is 3.17. The minimum absolute atomic E-state index is 0.322. The van der Waals surface area contributed by atoms with Gasteiger partial charge in [-0.1, -0.05) is 19.3 Å². The summed E-state index contributed by atoms with van der Waals surface area (Å²) in [6.45, 7) is 1.13. The van der Waals surface area contributed by atoms with Gasteiger partial charge in [0.05, 0.1) is 11.7 Å². The van der Waals surface area contributed by atoms with E-state index in [0.717, 1.165) is 6.54 Å². The fourth-order valence-corrected chi connectivity index (χ4v) is 3.17. The first-order chi connectivity index (χ1) is 7.35. The van der Waals surface area contributed by atoms with Crippen molar-refractivity contribution in [2.75, 3.05) is 13.6 Å². The third-order valence-electron chi connectivity index (χ3n) is 4.06. The van der Waals surface area contributed by atoms with Gasteiger partial charge >= 0.3 is 0 Å². The second-order valence-electron chi connectivity index (χ2n) is 5.27. The van der Waals surface area contributed by atoms with Gasteiger partial charge in [0.1, 0.15) is 0 Å². The first-order valence-electron chi connectivity index (χ1n) is 6.67. The van der Waals surface area contributed by atoms with Gasteiger partial charge in [0.25, 0.3) is 0 Å². The van der Waals surface area contributed by atoms with Gasteiger partial charge in [-0.25, -0.2) is 0 Å². The van der Waals surface area contributed by atoms with Crippen molar-refractivity contribution in [3.8, 4) is 0 Å². The molecular formula is C13H25NO. The number of rotatable bonds is 4. The predicted molar refractivity (Wildman–Crippen MR) is 63.1 cm³/mol. The standard InChI is InChI=1S/C13H25NO/c1-14-11-5-6-12-7-10-13(15-12)8-3-2-4-9-13/h12,14H,2-11H2,1H3. The molecule has 1 N–H and O–H groups in total. The quantitative estimate of drug-likeness (QED) is 0.722. The number of ether oxygens (including phenoxy) is 1. The second-order valence-corrected chi connectivity index (χ2v) is 5.27. The number of hydrogen-bond acceptors (Lipinski definition) is 2. The summed E-state index contributed by atoms with van der Waals surface area (Å²) in [6.07, 6.45) is 12.6. The van der Waals surface area contributed by atoms with Crippen LogP contribution in [0.5, 0.6) is 0 Å². The molecule has 1 saturated heterocycles. The Balaban J connectivity index is 1.73. The van der Waals surface area contributed by atoms with E-state index in [4.69, 9.17) is 4.74 Å². The Morgan fingerprint density at radius 2 is 2.00 bits per heavy atom. The molecule has 2 nitrogen and oxygen atoms in total. The highest BCUT2D eigenvalue weighted by Crippen LogP contribution is 2.42.